The average Bonchev–Trinajstić information content (AvgIpc) is 3.30. The Morgan fingerprint density at radius 2 is 1.69 bits per heavy atom. The van der Waals surface area contributed by atoms with Crippen LogP contribution in [0.4, 0.5) is 5.69 Å². The molecule has 7 heteroatoms. The Kier molecular flexibility index (Phi) is 6.43. The highest BCUT2D eigenvalue weighted by Gasteiger charge is 2.20. The fraction of sp³-hybridized carbons (Fsp3) is 0.250. The van der Waals surface area contributed by atoms with Crippen molar-refractivity contribution >= 4 is 45.9 Å². The maximum absolute atomic E-state index is 13.5. The van der Waals surface area contributed by atoms with Crippen molar-refractivity contribution < 1.29 is 4.79 Å². The number of aryl methyl sites for hydroxylation is 2. The van der Waals surface area contributed by atoms with Crippen molar-refractivity contribution in [2.24, 2.45) is 7.05 Å². The number of pyridine rings is 1. The zero-order valence-corrected chi connectivity index (χ0v) is 21.5. The summed E-state index contributed by atoms with van der Waals surface area (Å²) in [4.78, 5) is 22.2. The topological polar surface area (TPSA) is 64.7 Å². The fourth-order valence-electron chi connectivity index (χ4n) is 4.36. The number of hydrogen-bond acceptors (Lipinski definition) is 3. The molecule has 1 N–H and O–H groups in total. The predicted octanol–water partition coefficient (Wildman–Crippen LogP) is 6.25. The predicted molar refractivity (Wildman–Crippen MR) is 145 cm³/mol. The Bertz CT molecular complexity index is 1530. The molecule has 0 radical (unpaired) electrons. The van der Waals surface area contributed by atoms with Crippen LogP contribution >= 0.6 is 12.4 Å². The highest BCUT2D eigenvalue weighted by atomic mass is 35.5. The summed E-state index contributed by atoms with van der Waals surface area (Å²) in [6.45, 7) is 9.16. The number of halogens is 1. The number of fused-ring (bicyclic) bond motifs is 2. The van der Waals surface area contributed by atoms with Gasteiger partial charge in [0.1, 0.15) is 11.5 Å². The van der Waals surface area contributed by atoms with Gasteiger partial charge in [-0.05, 0) is 72.0 Å². The summed E-state index contributed by atoms with van der Waals surface area (Å²) in [5.74, 6) is 0.792. The van der Waals surface area contributed by atoms with Crippen LogP contribution in [0, 0.1) is 6.92 Å². The van der Waals surface area contributed by atoms with E-state index in [0.717, 1.165) is 39.0 Å². The highest BCUT2D eigenvalue weighted by Crippen LogP contribution is 2.29. The van der Waals surface area contributed by atoms with Crippen LogP contribution in [-0.4, -0.2) is 25.0 Å². The van der Waals surface area contributed by atoms with Crippen molar-refractivity contribution in [2.75, 3.05) is 5.32 Å². The molecule has 0 aliphatic rings. The van der Waals surface area contributed by atoms with Crippen molar-refractivity contribution in [2.45, 2.75) is 39.7 Å². The minimum Gasteiger partial charge on any atom is -0.332 e. The molecule has 0 aliphatic heterocycles. The summed E-state index contributed by atoms with van der Waals surface area (Å²) >= 11 is 0. The van der Waals surface area contributed by atoms with E-state index in [0.29, 0.717) is 12.2 Å². The lowest BCUT2D eigenvalue weighted by Crippen LogP contribution is -2.17. The molecule has 0 spiro atoms. The van der Waals surface area contributed by atoms with Gasteiger partial charge >= 0.3 is 0 Å². The van der Waals surface area contributed by atoms with Crippen LogP contribution in [0.3, 0.4) is 0 Å². The van der Waals surface area contributed by atoms with Gasteiger partial charge in [0.15, 0.2) is 0 Å². The number of nitrogens with zero attached hydrogens (tertiary/aromatic N) is 4. The maximum Gasteiger partial charge on any atom is 0.272 e. The van der Waals surface area contributed by atoms with Crippen LogP contribution in [-0.2, 0) is 19.0 Å². The third-order valence-corrected chi connectivity index (χ3v) is 6.45. The molecule has 35 heavy (non-hydrogen) atoms. The Morgan fingerprint density at radius 3 is 2.40 bits per heavy atom. The van der Waals surface area contributed by atoms with Gasteiger partial charge in [0.05, 0.1) is 11.0 Å². The number of imidazole rings is 1. The SMILES string of the molecule is Cc1nc2cc(NC(=O)c3cc4cc(C(C)(C)C)ccc4n3Cc3ccncc3)ccc2n1C.Cl. The number of nitrogens with one attached hydrogen (secondary N) is 1. The lowest BCUT2D eigenvalue weighted by molar-refractivity contribution is 0.101. The Hall–Kier alpha value is -3.64. The molecule has 180 valence electrons. The standard InChI is InChI=1S/C28H29N5O.ClH/c1-18-30-23-16-22(7-9-25(23)32(18)5)31-27(34)26-15-20-14-21(28(2,3)4)6-8-24(20)33(26)17-19-10-12-29-13-11-19;/h6-16H,17H2,1-5H3,(H,31,34);1H. The lowest BCUT2D eigenvalue weighted by Gasteiger charge is -2.19. The fourth-order valence-corrected chi connectivity index (χ4v) is 4.36. The Balaban J connectivity index is 0.00000289. The third-order valence-electron chi connectivity index (χ3n) is 6.45. The molecule has 5 rings (SSSR count). The molecule has 0 atom stereocenters. The van der Waals surface area contributed by atoms with Crippen LogP contribution in [0.25, 0.3) is 21.9 Å². The normalized spacial score (nSPS) is 11.6. The van der Waals surface area contributed by atoms with Crippen molar-refractivity contribution in [1.29, 1.82) is 0 Å². The number of aromatic nitrogens is 4. The molecule has 0 saturated heterocycles. The quantitative estimate of drug-likeness (QED) is 0.326. The number of carbonyl (C=O) groups is 1. The second-order valence-electron chi connectivity index (χ2n) is 9.87. The minimum absolute atomic E-state index is 0. The van der Waals surface area contributed by atoms with Crippen LogP contribution in [0.15, 0.2) is 67.0 Å². The first kappa shape index (κ1) is 24.5. The van der Waals surface area contributed by atoms with Crippen molar-refractivity contribution in [1.82, 2.24) is 19.1 Å². The van der Waals surface area contributed by atoms with Gasteiger partial charge in [0.2, 0.25) is 0 Å². The van der Waals surface area contributed by atoms with Gasteiger partial charge in [-0.3, -0.25) is 9.78 Å². The zero-order chi connectivity index (χ0) is 24.0. The van der Waals surface area contributed by atoms with E-state index >= 15 is 0 Å². The number of rotatable bonds is 4. The summed E-state index contributed by atoms with van der Waals surface area (Å²) in [6.07, 6.45) is 3.56. The van der Waals surface area contributed by atoms with Gasteiger partial charge < -0.3 is 14.5 Å². The Labute approximate surface area is 211 Å². The average molecular weight is 488 g/mol. The first-order valence-corrected chi connectivity index (χ1v) is 11.5. The second kappa shape index (κ2) is 9.19. The number of benzene rings is 2. The van der Waals surface area contributed by atoms with Crippen molar-refractivity contribution in [3.05, 3.63) is 89.6 Å². The third kappa shape index (κ3) is 4.66. The van der Waals surface area contributed by atoms with Gasteiger partial charge in [0, 0.05) is 42.6 Å². The van der Waals surface area contributed by atoms with Gasteiger partial charge in [0.25, 0.3) is 5.91 Å². The molecule has 3 heterocycles. The largest absolute Gasteiger partial charge is 0.332 e. The molecule has 0 bridgehead atoms. The van der Waals surface area contributed by atoms with Crippen LogP contribution in [0.1, 0.15) is 48.2 Å². The second-order valence-corrected chi connectivity index (χ2v) is 9.87. The molecular formula is C28H30ClN5O. The summed E-state index contributed by atoms with van der Waals surface area (Å²) in [5, 5.41) is 4.15. The van der Waals surface area contributed by atoms with E-state index in [4.69, 9.17) is 0 Å². The number of amides is 1. The van der Waals surface area contributed by atoms with Crippen molar-refractivity contribution in [3.8, 4) is 0 Å². The van der Waals surface area contributed by atoms with E-state index in [1.54, 1.807) is 12.4 Å². The van der Waals surface area contributed by atoms with Crippen LogP contribution in [0.2, 0.25) is 0 Å². The molecule has 0 aliphatic carbocycles. The van der Waals surface area contributed by atoms with E-state index in [2.05, 4.69) is 58.8 Å². The summed E-state index contributed by atoms with van der Waals surface area (Å²) in [7, 11) is 1.99. The monoisotopic (exact) mass is 487 g/mol. The lowest BCUT2D eigenvalue weighted by atomic mass is 9.86. The van der Waals surface area contributed by atoms with Gasteiger partial charge in [-0.2, -0.15) is 0 Å². The molecule has 5 aromatic rings. The van der Waals surface area contributed by atoms with E-state index in [9.17, 15) is 4.79 Å². The first-order chi connectivity index (χ1) is 16.2. The van der Waals surface area contributed by atoms with Crippen molar-refractivity contribution in [3.63, 3.8) is 0 Å². The molecule has 2 aromatic carbocycles. The molecule has 6 nitrogen and oxygen atoms in total. The molecule has 3 aromatic heterocycles. The van der Waals surface area contributed by atoms with Gasteiger partial charge in [-0.25, -0.2) is 4.98 Å². The summed E-state index contributed by atoms with van der Waals surface area (Å²) < 4.78 is 4.12. The molecule has 1 amide bonds. The summed E-state index contributed by atoms with van der Waals surface area (Å²) in [6, 6.07) is 18.3. The van der Waals surface area contributed by atoms with E-state index in [1.165, 1.54) is 5.56 Å². The van der Waals surface area contributed by atoms with Crippen LogP contribution < -0.4 is 5.32 Å². The highest BCUT2D eigenvalue weighted by molar-refractivity contribution is 6.07. The van der Waals surface area contributed by atoms with E-state index < -0.39 is 0 Å². The smallest absolute Gasteiger partial charge is 0.272 e. The minimum atomic E-state index is -0.144. The molecule has 0 saturated carbocycles. The van der Waals surface area contributed by atoms with Gasteiger partial charge in [-0.15, -0.1) is 12.4 Å². The molecule has 0 unspecified atom stereocenters. The molecular weight excluding hydrogens is 458 g/mol. The maximum atomic E-state index is 13.5. The number of anilines is 1. The zero-order valence-electron chi connectivity index (χ0n) is 20.7. The number of hydrogen-bond donors (Lipinski definition) is 1. The van der Waals surface area contributed by atoms with E-state index in [-0.39, 0.29) is 23.7 Å². The summed E-state index contributed by atoms with van der Waals surface area (Å²) in [5.41, 5.74) is 6.64. The van der Waals surface area contributed by atoms with Crippen LogP contribution in [0.5, 0.6) is 0 Å². The van der Waals surface area contributed by atoms with Gasteiger partial charge in [-0.1, -0.05) is 26.8 Å². The molecule has 0 fully saturated rings. The van der Waals surface area contributed by atoms with E-state index in [1.807, 2.05) is 54.9 Å². The number of carbonyl (C=O) groups excluding carboxylic acids is 1. The first-order valence-electron chi connectivity index (χ1n) is 11.5. The Morgan fingerprint density at radius 1 is 0.971 bits per heavy atom.